The summed E-state index contributed by atoms with van der Waals surface area (Å²) < 4.78 is 6.26. The molecular weight excluding hydrogens is 276 g/mol. The maximum absolute atomic E-state index is 11.6. The van der Waals surface area contributed by atoms with Gasteiger partial charge in [0.2, 0.25) is 0 Å². The van der Waals surface area contributed by atoms with Gasteiger partial charge in [0.25, 0.3) is 5.69 Å². The smallest absolute Gasteiger partial charge is 0.338 e. The van der Waals surface area contributed by atoms with Crippen LogP contribution in [0, 0.1) is 10.1 Å². The molecule has 2 rings (SSSR count). The lowest BCUT2D eigenvalue weighted by molar-refractivity contribution is -0.384. The van der Waals surface area contributed by atoms with Crippen molar-refractivity contribution in [1.29, 1.82) is 0 Å². The SMILES string of the molecule is CCCn1nncc1-c1cc(C(=O)OC)cc([N+](=O)[O-])c1. The van der Waals surface area contributed by atoms with Gasteiger partial charge in [0.1, 0.15) is 0 Å². The van der Waals surface area contributed by atoms with Crippen molar-refractivity contribution in [3.63, 3.8) is 0 Å². The molecule has 8 heteroatoms. The lowest BCUT2D eigenvalue weighted by Crippen LogP contribution is -2.05. The predicted octanol–water partition coefficient (Wildman–Crippen LogP) is 2.05. The van der Waals surface area contributed by atoms with Crippen LogP contribution < -0.4 is 0 Å². The van der Waals surface area contributed by atoms with Gasteiger partial charge in [-0.3, -0.25) is 10.1 Å². The van der Waals surface area contributed by atoms with Crippen LogP contribution in [0.4, 0.5) is 5.69 Å². The zero-order valence-electron chi connectivity index (χ0n) is 11.6. The summed E-state index contributed by atoms with van der Waals surface area (Å²) in [5.41, 5.74) is 1.05. The second-order valence-corrected chi connectivity index (χ2v) is 4.36. The molecule has 0 N–H and O–H groups in total. The Morgan fingerprint density at radius 3 is 2.81 bits per heavy atom. The van der Waals surface area contributed by atoms with Crippen LogP contribution in [-0.2, 0) is 11.3 Å². The van der Waals surface area contributed by atoms with E-state index >= 15 is 0 Å². The number of carbonyl (C=O) groups excluding carboxylic acids is 1. The van der Waals surface area contributed by atoms with Crippen LogP contribution in [0.1, 0.15) is 23.7 Å². The van der Waals surface area contributed by atoms with E-state index in [1.54, 1.807) is 4.68 Å². The van der Waals surface area contributed by atoms with Crippen LogP contribution in [-0.4, -0.2) is 33.0 Å². The second-order valence-electron chi connectivity index (χ2n) is 4.36. The molecule has 0 saturated carbocycles. The molecule has 1 aromatic carbocycles. The number of nitro groups is 1. The van der Waals surface area contributed by atoms with Gasteiger partial charge in [-0.05, 0) is 12.5 Å². The van der Waals surface area contributed by atoms with Crippen LogP contribution in [0.15, 0.2) is 24.4 Å². The standard InChI is InChI=1S/C13H14N4O4/c1-3-4-16-12(8-14-15-16)9-5-10(13(18)21-2)7-11(6-9)17(19)20/h5-8H,3-4H2,1-2H3. The predicted molar refractivity (Wildman–Crippen MR) is 73.7 cm³/mol. The quantitative estimate of drug-likeness (QED) is 0.474. The van der Waals surface area contributed by atoms with Gasteiger partial charge in [0, 0.05) is 24.2 Å². The second kappa shape index (κ2) is 6.12. The Labute approximate surface area is 120 Å². The Morgan fingerprint density at radius 1 is 1.43 bits per heavy atom. The number of carbonyl (C=O) groups is 1. The van der Waals surface area contributed by atoms with Crippen LogP contribution in [0.2, 0.25) is 0 Å². The zero-order chi connectivity index (χ0) is 15.4. The molecule has 0 unspecified atom stereocenters. The molecule has 0 atom stereocenters. The molecule has 8 nitrogen and oxygen atoms in total. The third kappa shape index (κ3) is 3.04. The average Bonchev–Trinajstić information content (AvgIpc) is 2.94. The van der Waals surface area contributed by atoms with Crippen molar-refractivity contribution in [2.24, 2.45) is 0 Å². The molecule has 110 valence electrons. The minimum absolute atomic E-state index is 0.117. The normalized spacial score (nSPS) is 10.4. The highest BCUT2D eigenvalue weighted by Crippen LogP contribution is 2.26. The molecule has 0 radical (unpaired) electrons. The number of nitrogens with zero attached hydrogens (tertiary/aromatic N) is 4. The third-order valence-electron chi connectivity index (χ3n) is 2.90. The maximum atomic E-state index is 11.6. The summed E-state index contributed by atoms with van der Waals surface area (Å²) in [5, 5.41) is 18.8. The largest absolute Gasteiger partial charge is 0.465 e. The summed E-state index contributed by atoms with van der Waals surface area (Å²) in [6, 6.07) is 4.10. The van der Waals surface area contributed by atoms with E-state index in [0.717, 1.165) is 6.42 Å². The molecule has 1 aromatic heterocycles. The Balaban J connectivity index is 2.56. The van der Waals surface area contributed by atoms with Crippen molar-refractivity contribution in [2.45, 2.75) is 19.9 Å². The van der Waals surface area contributed by atoms with Crippen LogP contribution >= 0.6 is 0 Å². The molecule has 0 amide bonds. The van der Waals surface area contributed by atoms with Gasteiger partial charge in [-0.2, -0.15) is 0 Å². The maximum Gasteiger partial charge on any atom is 0.338 e. The summed E-state index contributed by atoms with van der Waals surface area (Å²) in [6.45, 7) is 2.62. The molecule has 21 heavy (non-hydrogen) atoms. The Kier molecular flexibility index (Phi) is 4.27. The number of hydrogen-bond donors (Lipinski definition) is 0. The highest BCUT2D eigenvalue weighted by molar-refractivity contribution is 5.91. The fourth-order valence-corrected chi connectivity index (χ4v) is 1.96. The van der Waals surface area contributed by atoms with Crippen molar-refractivity contribution >= 4 is 11.7 Å². The van der Waals surface area contributed by atoms with Crippen molar-refractivity contribution in [1.82, 2.24) is 15.0 Å². The van der Waals surface area contributed by atoms with E-state index in [4.69, 9.17) is 0 Å². The summed E-state index contributed by atoms with van der Waals surface area (Å²) in [6.07, 6.45) is 2.35. The number of aromatic nitrogens is 3. The number of non-ortho nitro benzene ring substituents is 1. The van der Waals surface area contributed by atoms with Crippen LogP contribution in [0.5, 0.6) is 0 Å². The minimum atomic E-state index is -0.630. The number of rotatable bonds is 5. The summed E-state index contributed by atoms with van der Waals surface area (Å²) in [5.74, 6) is -0.630. The first-order valence-electron chi connectivity index (χ1n) is 6.33. The highest BCUT2D eigenvalue weighted by Gasteiger charge is 2.17. The number of ether oxygens (including phenoxy) is 1. The number of hydrogen-bond acceptors (Lipinski definition) is 6. The Hall–Kier alpha value is -2.77. The number of methoxy groups -OCH3 is 1. The average molecular weight is 290 g/mol. The molecule has 0 aliphatic carbocycles. The van der Waals surface area contributed by atoms with Crippen molar-refractivity contribution in [3.8, 4) is 11.3 Å². The van der Waals surface area contributed by atoms with Gasteiger partial charge in [-0.1, -0.05) is 12.1 Å². The summed E-state index contributed by atoms with van der Waals surface area (Å²) >= 11 is 0. The van der Waals surface area contributed by atoms with Gasteiger partial charge in [0.05, 0.1) is 29.5 Å². The first-order valence-corrected chi connectivity index (χ1v) is 6.33. The molecule has 1 heterocycles. The third-order valence-corrected chi connectivity index (χ3v) is 2.90. The van der Waals surface area contributed by atoms with E-state index in [9.17, 15) is 14.9 Å². The van der Waals surface area contributed by atoms with Crippen LogP contribution in [0.25, 0.3) is 11.3 Å². The van der Waals surface area contributed by atoms with E-state index in [2.05, 4.69) is 15.0 Å². The lowest BCUT2D eigenvalue weighted by atomic mass is 10.1. The van der Waals surface area contributed by atoms with Crippen molar-refractivity contribution in [3.05, 3.63) is 40.1 Å². The molecule has 0 fully saturated rings. The zero-order valence-corrected chi connectivity index (χ0v) is 11.6. The molecule has 2 aromatic rings. The van der Waals surface area contributed by atoms with E-state index < -0.39 is 10.9 Å². The van der Waals surface area contributed by atoms with Crippen LogP contribution in [0.3, 0.4) is 0 Å². The topological polar surface area (TPSA) is 100 Å². The van der Waals surface area contributed by atoms with E-state index in [-0.39, 0.29) is 11.3 Å². The van der Waals surface area contributed by atoms with E-state index in [1.165, 1.54) is 31.5 Å². The summed E-state index contributed by atoms with van der Waals surface area (Å²) in [7, 11) is 1.23. The fraction of sp³-hybridized carbons (Fsp3) is 0.308. The van der Waals surface area contributed by atoms with Gasteiger partial charge >= 0.3 is 5.97 Å². The van der Waals surface area contributed by atoms with Crippen molar-refractivity contribution < 1.29 is 14.5 Å². The van der Waals surface area contributed by atoms with Gasteiger partial charge in [-0.15, -0.1) is 5.10 Å². The molecule has 0 saturated heterocycles. The van der Waals surface area contributed by atoms with E-state index in [0.29, 0.717) is 17.8 Å². The molecule has 0 aliphatic heterocycles. The monoisotopic (exact) mass is 290 g/mol. The Bertz CT molecular complexity index is 681. The number of aryl methyl sites for hydroxylation is 1. The van der Waals surface area contributed by atoms with E-state index in [1.807, 2.05) is 6.92 Å². The van der Waals surface area contributed by atoms with Crippen molar-refractivity contribution in [2.75, 3.05) is 7.11 Å². The fourth-order valence-electron chi connectivity index (χ4n) is 1.96. The van der Waals surface area contributed by atoms with Gasteiger partial charge in [-0.25, -0.2) is 9.48 Å². The first kappa shape index (κ1) is 14.6. The molecule has 0 spiro atoms. The summed E-state index contributed by atoms with van der Waals surface area (Å²) in [4.78, 5) is 22.1. The highest BCUT2D eigenvalue weighted by atomic mass is 16.6. The van der Waals surface area contributed by atoms with Gasteiger partial charge in [0.15, 0.2) is 0 Å². The number of esters is 1. The molecular formula is C13H14N4O4. The molecule has 0 aliphatic rings. The Morgan fingerprint density at radius 2 is 2.19 bits per heavy atom. The molecule has 0 bridgehead atoms. The minimum Gasteiger partial charge on any atom is -0.465 e. The first-order chi connectivity index (χ1) is 10.1. The van der Waals surface area contributed by atoms with Gasteiger partial charge < -0.3 is 4.74 Å². The number of nitro benzene ring substituents is 1. The lowest BCUT2D eigenvalue weighted by Gasteiger charge is -2.07. The number of benzene rings is 1.